The molecule has 172 valence electrons. The zero-order valence-electron chi connectivity index (χ0n) is 19.2. The molecule has 1 aliphatic heterocycles. The normalized spacial score (nSPS) is 19.5. The van der Waals surface area contributed by atoms with Crippen LogP contribution in [-0.4, -0.2) is 60.6 Å². The summed E-state index contributed by atoms with van der Waals surface area (Å²) in [6, 6.07) is 0.367. The largest absolute Gasteiger partial charge is 0.462 e. The van der Waals surface area contributed by atoms with Crippen LogP contribution in [0, 0.1) is 12.8 Å². The number of aromatic nitrogens is 1. The topological polar surface area (TPSA) is 78.9 Å². The molecule has 1 aliphatic rings. The third-order valence-electron chi connectivity index (χ3n) is 5.17. The van der Waals surface area contributed by atoms with E-state index in [1.807, 2.05) is 20.8 Å². The van der Waals surface area contributed by atoms with Crippen molar-refractivity contribution in [2.24, 2.45) is 10.9 Å². The SMILES string of the molecule is CCNC(=NCC(C)N1CCCC(C)C1)NC(C)c1nc(C)c(C(=O)OCC)s1.I. The molecule has 0 spiro atoms. The summed E-state index contributed by atoms with van der Waals surface area (Å²) < 4.78 is 5.12. The highest BCUT2D eigenvalue weighted by Crippen LogP contribution is 2.24. The number of piperidine rings is 1. The summed E-state index contributed by atoms with van der Waals surface area (Å²) in [7, 11) is 0. The van der Waals surface area contributed by atoms with Crippen molar-refractivity contribution in [3.05, 3.63) is 15.6 Å². The van der Waals surface area contributed by atoms with Crippen molar-refractivity contribution in [1.29, 1.82) is 0 Å². The number of ether oxygens (including phenoxy) is 1. The predicted octanol–water partition coefficient (Wildman–Crippen LogP) is 3.98. The Labute approximate surface area is 202 Å². The van der Waals surface area contributed by atoms with E-state index in [-0.39, 0.29) is 36.0 Å². The van der Waals surface area contributed by atoms with Crippen molar-refractivity contribution >= 4 is 47.2 Å². The molecule has 7 nitrogen and oxygen atoms in total. The summed E-state index contributed by atoms with van der Waals surface area (Å²) in [5.41, 5.74) is 0.715. The number of carbonyl (C=O) groups excluding carboxylic acids is 1. The van der Waals surface area contributed by atoms with E-state index in [9.17, 15) is 4.79 Å². The smallest absolute Gasteiger partial charge is 0.350 e. The Bertz CT molecular complexity index is 697. The average Bonchev–Trinajstić information content (AvgIpc) is 3.08. The summed E-state index contributed by atoms with van der Waals surface area (Å²) in [4.78, 5) is 24.6. The van der Waals surface area contributed by atoms with Gasteiger partial charge in [0.25, 0.3) is 0 Å². The maximum atomic E-state index is 12.1. The quantitative estimate of drug-likeness (QED) is 0.220. The Kier molecular flexibility index (Phi) is 12.2. The van der Waals surface area contributed by atoms with Gasteiger partial charge in [0.1, 0.15) is 9.88 Å². The summed E-state index contributed by atoms with van der Waals surface area (Å²) in [5.74, 6) is 1.25. The number of hydrogen-bond donors (Lipinski definition) is 2. The third-order valence-corrected chi connectivity index (χ3v) is 6.49. The van der Waals surface area contributed by atoms with Crippen LogP contribution in [0.5, 0.6) is 0 Å². The minimum atomic E-state index is -0.300. The highest BCUT2D eigenvalue weighted by molar-refractivity contribution is 14.0. The second kappa shape index (κ2) is 13.5. The first-order valence-electron chi connectivity index (χ1n) is 10.8. The van der Waals surface area contributed by atoms with Crippen molar-refractivity contribution < 1.29 is 9.53 Å². The Morgan fingerprint density at radius 2 is 2.13 bits per heavy atom. The van der Waals surface area contributed by atoms with E-state index in [1.54, 1.807) is 0 Å². The molecular formula is C21H38IN5O2S. The minimum absolute atomic E-state index is 0. The predicted molar refractivity (Wildman–Crippen MR) is 135 cm³/mol. The first kappa shape index (κ1) is 27.1. The van der Waals surface area contributed by atoms with Crippen LogP contribution in [0.3, 0.4) is 0 Å². The van der Waals surface area contributed by atoms with E-state index in [0.29, 0.717) is 23.2 Å². The van der Waals surface area contributed by atoms with Crippen molar-refractivity contribution in [2.75, 3.05) is 32.8 Å². The highest BCUT2D eigenvalue weighted by Gasteiger charge is 2.22. The molecule has 1 aromatic heterocycles. The molecule has 0 aliphatic carbocycles. The Morgan fingerprint density at radius 1 is 1.40 bits per heavy atom. The zero-order chi connectivity index (χ0) is 21.4. The number of guanidine groups is 1. The van der Waals surface area contributed by atoms with E-state index in [0.717, 1.165) is 43.1 Å². The van der Waals surface area contributed by atoms with E-state index in [1.165, 1.54) is 24.2 Å². The van der Waals surface area contributed by atoms with Crippen LogP contribution in [0.15, 0.2) is 4.99 Å². The summed E-state index contributed by atoms with van der Waals surface area (Å²) in [6.45, 7) is 16.6. The van der Waals surface area contributed by atoms with Crippen molar-refractivity contribution in [1.82, 2.24) is 20.5 Å². The highest BCUT2D eigenvalue weighted by atomic mass is 127. The van der Waals surface area contributed by atoms with Gasteiger partial charge in [-0.3, -0.25) is 9.89 Å². The molecule has 30 heavy (non-hydrogen) atoms. The molecule has 0 aromatic carbocycles. The monoisotopic (exact) mass is 551 g/mol. The fraction of sp³-hybridized carbons (Fsp3) is 0.762. The molecule has 9 heteroatoms. The van der Waals surface area contributed by atoms with Crippen LogP contribution in [0.4, 0.5) is 0 Å². The third kappa shape index (κ3) is 7.96. The van der Waals surface area contributed by atoms with Crippen LogP contribution in [0.1, 0.15) is 73.9 Å². The number of likely N-dealkylation sites (tertiary alicyclic amines) is 1. The number of carbonyl (C=O) groups is 1. The maximum Gasteiger partial charge on any atom is 0.350 e. The first-order chi connectivity index (χ1) is 13.8. The number of aliphatic imine (C=N–C) groups is 1. The van der Waals surface area contributed by atoms with E-state index in [2.05, 4.69) is 41.3 Å². The molecular weight excluding hydrogens is 513 g/mol. The van der Waals surface area contributed by atoms with E-state index < -0.39 is 0 Å². The fourth-order valence-electron chi connectivity index (χ4n) is 3.54. The van der Waals surface area contributed by atoms with Crippen LogP contribution in [0.25, 0.3) is 0 Å². The van der Waals surface area contributed by atoms with E-state index >= 15 is 0 Å². The number of nitrogens with zero attached hydrogens (tertiary/aromatic N) is 3. The number of hydrogen-bond acceptors (Lipinski definition) is 6. The number of thiazole rings is 1. The van der Waals surface area contributed by atoms with Gasteiger partial charge < -0.3 is 15.4 Å². The molecule has 1 fully saturated rings. The Hall–Kier alpha value is -0.940. The Morgan fingerprint density at radius 3 is 2.77 bits per heavy atom. The molecule has 2 N–H and O–H groups in total. The van der Waals surface area contributed by atoms with Gasteiger partial charge in [0.05, 0.1) is 24.9 Å². The second-order valence-corrected chi connectivity index (χ2v) is 8.89. The van der Waals surface area contributed by atoms with Gasteiger partial charge in [-0.25, -0.2) is 9.78 Å². The molecule has 1 saturated heterocycles. The molecule has 3 unspecified atom stereocenters. The summed E-state index contributed by atoms with van der Waals surface area (Å²) in [6.07, 6.45) is 2.60. The molecule has 2 heterocycles. The van der Waals surface area contributed by atoms with Crippen molar-refractivity contribution in [3.8, 4) is 0 Å². The fourth-order valence-corrected chi connectivity index (χ4v) is 4.50. The van der Waals surface area contributed by atoms with Crippen molar-refractivity contribution in [3.63, 3.8) is 0 Å². The lowest BCUT2D eigenvalue weighted by atomic mass is 9.99. The first-order valence-corrected chi connectivity index (χ1v) is 11.6. The standard InChI is InChI=1S/C21H37N5O2S.HI/c1-7-22-21(23-12-15(4)26-11-9-10-14(3)13-26)25-17(6)19-24-16(5)18(29-19)20(27)28-8-2;/h14-15,17H,7-13H2,1-6H3,(H2,22,23,25);1H. The van der Waals surface area contributed by atoms with Crippen LogP contribution < -0.4 is 10.6 Å². The number of nitrogens with one attached hydrogen (secondary N) is 2. The molecule has 0 radical (unpaired) electrons. The van der Waals surface area contributed by atoms with Gasteiger partial charge in [-0.1, -0.05) is 6.92 Å². The number of rotatable bonds is 8. The summed E-state index contributed by atoms with van der Waals surface area (Å²) >= 11 is 1.38. The zero-order valence-corrected chi connectivity index (χ0v) is 22.3. The van der Waals surface area contributed by atoms with Gasteiger partial charge >= 0.3 is 5.97 Å². The van der Waals surface area contributed by atoms with Crippen LogP contribution in [-0.2, 0) is 4.74 Å². The van der Waals surface area contributed by atoms with E-state index in [4.69, 9.17) is 9.73 Å². The molecule has 2 rings (SSSR count). The second-order valence-electron chi connectivity index (χ2n) is 7.86. The van der Waals surface area contributed by atoms with Gasteiger partial charge in [0.2, 0.25) is 0 Å². The number of esters is 1. The lowest BCUT2D eigenvalue weighted by Crippen LogP contribution is -2.43. The van der Waals surface area contributed by atoms with Gasteiger partial charge in [0.15, 0.2) is 5.96 Å². The molecule has 0 amide bonds. The van der Waals surface area contributed by atoms with Crippen molar-refractivity contribution in [2.45, 2.75) is 66.5 Å². The van der Waals surface area contributed by atoms with Gasteiger partial charge in [-0.15, -0.1) is 35.3 Å². The lowest BCUT2D eigenvalue weighted by molar-refractivity contribution is 0.0531. The number of aryl methyl sites for hydroxylation is 1. The maximum absolute atomic E-state index is 12.1. The van der Waals surface area contributed by atoms with Gasteiger partial charge in [-0.05, 0) is 59.9 Å². The van der Waals surface area contributed by atoms with Crippen LogP contribution >= 0.6 is 35.3 Å². The lowest BCUT2D eigenvalue weighted by Gasteiger charge is -2.35. The van der Waals surface area contributed by atoms with Gasteiger partial charge in [-0.2, -0.15) is 0 Å². The average molecular weight is 552 g/mol. The molecule has 0 bridgehead atoms. The van der Waals surface area contributed by atoms with Gasteiger partial charge in [0, 0.05) is 19.1 Å². The molecule has 3 atom stereocenters. The summed E-state index contributed by atoms with van der Waals surface area (Å²) in [5, 5.41) is 7.60. The number of halogens is 1. The molecule has 0 saturated carbocycles. The Balaban J connectivity index is 0.00000450. The van der Waals surface area contributed by atoms with Crippen LogP contribution in [0.2, 0.25) is 0 Å². The molecule has 1 aromatic rings. The minimum Gasteiger partial charge on any atom is -0.462 e.